The lowest BCUT2D eigenvalue weighted by atomic mass is 10.1. The van der Waals surface area contributed by atoms with Crippen LogP contribution in [0.25, 0.3) is 16.9 Å². The molecule has 0 amide bonds. The van der Waals surface area contributed by atoms with E-state index in [2.05, 4.69) is 32.4 Å². The zero-order valence-corrected chi connectivity index (χ0v) is 14.1. The Hall–Kier alpha value is -2.26. The molecular formula is C17H16BrN5. The molecule has 1 aromatic carbocycles. The van der Waals surface area contributed by atoms with Gasteiger partial charge in [0.05, 0.1) is 0 Å². The Balaban J connectivity index is 1.87. The molecule has 0 aliphatic heterocycles. The van der Waals surface area contributed by atoms with Crippen molar-refractivity contribution in [2.45, 2.75) is 31.7 Å². The molecule has 5 nitrogen and oxygen atoms in total. The minimum atomic E-state index is 0.467. The van der Waals surface area contributed by atoms with Crippen LogP contribution in [-0.4, -0.2) is 20.6 Å². The summed E-state index contributed by atoms with van der Waals surface area (Å²) in [6.45, 7) is 0. The molecule has 6 heteroatoms. The first-order valence-electron chi connectivity index (χ1n) is 7.78. The van der Waals surface area contributed by atoms with Crippen molar-refractivity contribution < 1.29 is 0 Å². The van der Waals surface area contributed by atoms with E-state index in [9.17, 15) is 5.26 Å². The van der Waals surface area contributed by atoms with Gasteiger partial charge in [-0.3, -0.25) is 5.10 Å². The number of fused-ring (bicyclic) bond motifs is 1. The molecule has 2 aromatic heterocycles. The van der Waals surface area contributed by atoms with E-state index in [1.54, 1.807) is 6.20 Å². The molecule has 23 heavy (non-hydrogen) atoms. The van der Waals surface area contributed by atoms with Crippen molar-refractivity contribution in [2.75, 3.05) is 5.32 Å². The Morgan fingerprint density at radius 2 is 2.17 bits per heavy atom. The molecule has 2 N–H and O–H groups in total. The number of imidazole rings is 1. The van der Waals surface area contributed by atoms with E-state index in [1.165, 1.54) is 25.7 Å². The molecule has 0 unspecified atom stereocenters. The molecule has 0 atom stereocenters. The van der Waals surface area contributed by atoms with Crippen molar-refractivity contribution >= 4 is 27.4 Å². The fourth-order valence-electron chi connectivity index (χ4n) is 3.24. The topological polar surface area (TPSA) is 68.9 Å². The fraction of sp³-hybridized carbons (Fsp3) is 0.294. The Morgan fingerprint density at radius 3 is 2.91 bits per heavy atom. The zero-order valence-electron chi connectivity index (χ0n) is 12.5. The van der Waals surface area contributed by atoms with E-state index < -0.39 is 0 Å². The summed E-state index contributed by atoms with van der Waals surface area (Å²) < 4.78 is 2.90. The maximum atomic E-state index is 9.27. The summed E-state index contributed by atoms with van der Waals surface area (Å²) in [5.41, 5.74) is 3.13. The Bertz CT molecular complexity index is 895. The van der Waals surface area contributed by atoms with Crippen LogP contribution < -0.4 is 5.32 Å². The SMILES string of the molecule is N#Cc1c[nH]n2c(NC3CCCC3)c(-c3cccc(Br)c3)nc12. The number of benzene rings is 1. The summed E-state index contributed by atoms with van der Waals surface area (Å²) in [6, 6.07) is 10.7. The highest BCUT2D eigenvalue weighted by atomic mass is 79.9. The lowest BCUT2D eigenvalue weighted by Crippen LogP contribution is -2.16. The van der Waals surface area contributed by atoms with Gasteiger partial charge in [0.25, 0.3) is 0 Å². The molecule has 116 valence electrons. The van der Waals surface area contributed by atoms with E-state index in [4.69, 9.17) is 4.98 Å². The lowest BCUT2D eigenvalue weighted by molar-refractivity contribution is 0.744. The highest BCUT2D eigenvalue weighted by Crippen LogP contribution is 2.33. The monoisotopic (exact) mass is 369 g/mol. The van der Waals surface area contributed by atoms with Gasteiger partial charge < -0.3 is 5.32 Å². The van der Waals surface area contributed by atoms with E-state index in [1.807, 2.05) is 28.8 Å². The standard InChI is InChI=1S/C17H16BrN5/c18-13-5-3-4-11(8-13)15-17(21-14-6-1-2-7-14)23-16(22-15)12(9-19)10-20-23/h3-5,8,10,14,20-21H,1-2,6-7H2. The fourth-order valence-corrected chi connectivity index (χ4v) is 3.64. The van der Waals surface area contributed by atoms with Crippen LogP contribution in [0, 0.1) is 11.3 Å². The number of rotatable bonds is 3. The predicted molar refractivity (Wildman–Crippen MR) is 93.3 cm³/mol. The van der Waals surface area contributed by atoms with E-state index in [0.29, 0.717) is 17.3 Å². The van der Waals surface area contributed by atoms with Crippen LogP contribution in [0.2, 0.25) is 0 Å². The third-order valence-electron chi connectivity index (χ3n) is 4.37. The first-order chi connectivity index (χ1) is 11.3. The summed E-state index contributed by atoms with van der Waals surface area (Å²) in [7, 11) is 0. The molecule has 0 spiro atoms. The predicted octanol–water partition coefficient (Wildman–Crippen LogP) is 4.32. The third kappa shape index (κ3) is 2.51. The summed E-state index contributed by atoms with van der Waals surface area (Å²) >= 11 is 3.52. The van der Waals surface area contributed by atoms with E-state index >= 15 is 0 Å². The minimum Gasteiger partial charge on any atom is -0.365 e. The second-order valence-corrected chi connectivity index (χ2v) is 6.82. The van der Waals surface area contributed by atoms with Crippen molar-refractivity contribution in [3.05, 3.63) is 40.5 Å². The normalized spacial score (nSPS) is 15.1. The van der Waals surface area contributed by atoms with Crippen LogP contribution in [-0.2, 0) is 0 Å². The molecule has 1 fully saturated rings. The van der Waals surface area contributed by atoms with Gasteiger partial charge in [-0.05, 0) is 25.0 Å². The number of nitrogens with zero attached hydrogens (tertiary/aromatic N) is 3. The maximum Gasteiger partial charge on any atom is 0.173 e. The average molecular weight is 370 g/mol. The molecule has 0 bridgehead atoms. The number of hydrogen-bond donors (Lipinski definition) is 2. The molecule has 3 aromatic rings. The van der Waals surface area contributed by atoms with Crippen molar-refractivity contribution in [1.29, 1.82) is 5.26 Å². The highest BCUT2D eigenvalue weighted by Gasteiger charge is 2.22. The number of halogens is 1. The second-order valence-electron chi connectivity index (χ2n) is 5.90. The highest BCUT2D eigenvalue weighted by molar-refractivity contribution is 9.10. The number of aromatic nitrogens is 3. The number of nitrogens with one attached hydrogen (secondary N) is 2. The summed E-state index contributed by atoms with van der Waals surface area (Å²) in [5.74, 6) is 0.937. The Labute approximate surface area is 142 Å². The first kappa shape index (κ1) is 14.3. The average Bonchev–Trinajstić information content (AvgIpc) is 3.25. The lowest BCUT2D eigenvalue weighted by Gasteiger charge is -2.14. The molecule has 2 heterocycles. The summed E-state index contributed by atoms with van der Waals surface area (Å²) in [4.78, 5) is 4.72. The molecule has 1 aliphatic carbocycles. The maximum absolute atomic E-state index is 9.27. The Morgan fingerprint density at radius 1 is 1.35 bits per heavy atom. The van der Waals surface area contributed by atoms with Crippen molar-refractivity contribution in [3.8, 4) is 17.3 Å². The van der Waals surface area contributed by atoms with Gasteiger partial charge in [0.2, 0.25) is 0 Å². The van der Waals surface area contributed by atoms with Gasteiger partial charge in [-0.25, -0.2) is 9.50 Å². The molecule has 0 radical (unpaired) electrons. The quantitative estimate of drug-likeness (QED) is 0.722. The number of anilines is 1. The van der Waals surface area contributed by atoms with Gasteiger partial charge in [0.15, 0.2) is 11.5 Å². The number of H-pyrrole nitrogens is 1. The number of nitriles is 1. The van der Waals surface area contributed by atoms with Gasteiger partial charge in [-0.1, -0.05) is 40.9 Å². The van der Waals surface area contributed by atoms with Crippen LogP contribution in [0.15, 0.2) is 34.9 Å². The van der Waals surface area contributed by atoms with Gasteiger partial charge >= 0.3 is 0 Å². The molecule has 0 saturated heterocycles. The van der Waals surface area contributed by atoms with E-state index in [0.717, 1.165) is 21.5 Å². The molecular weight excluding hydrogens is 354 g/mol. The number of hydrogen-bond acceptors (Lipinski definition) is 3. The zero-order chi connectivity index (χ0) is 15.8. The van der Waals surface area contributed by atoms with Gasteiger partial charge in [-0.15, -0.1) is 0 Å². The summed E-state index contributed by atoms with van der Waals surface area (Å²) in [5, 5.41) is 16.0. The van der Waals surface area contributed by atoms with Crippen molar-refractivity contribution in [2.24, 2.45) is 0 Å². The van der Waals surface area contributed by atoms with Crippen LogP contribution in [0.1, 0.15) is 31.2 Å². The van der Waals surface area contributed by atoms with Gasteiger partial charge in [0, 0.05) is 22.3 Å². The first-order valence-corrected chi connectivity index (χ1v) is 8.58. The van der Waals surface area contributed by atoms with Gasteiger partial charge in [-0.2, -0.15) is 5.26 Å². The largest absolute Gasteiger partial charge is 0.365 e. The molecule has 1 saturated carbocycles. The van der Waals surface area contributed by atoms with Crippen LogP contribution in [0.4, 0.5) is 5.82 Å². The van der Waals surface area contributed by atoms with Crippen molar-refractivity contribution in [3.63, 3.8) is 0 Å². The van der Waals surface area contributed by atoms with Crippen LogP contribution in [0.3, 0.4) is 0 Å². The van der Waals surface area contributed by atoms with Gasteiger partial charge in [0.1, 0.15) is 17.3 Å². The van der Waals surface area contributed by atoms with Crippen LogP contribution in [0.5, 0.6) is 0 Å². The number of aromatic amines is 1. The summed E-state index contributed by atoms with van der Waals surface area (Å²) in [6.07, 6.45) is 6.58. The minimum absolute atomic E-state index is 0.467. The molecule has 1 aliphatic rings. The smallest absolute Gasteiger partial charge is 0.173 e. The van der Waals surface area contributed by atoms with Crippen molar-refractivity contribution in [1.82, 2.24) is 14.6 Å². The third-order valence-corrected chi connectivity index (χ3v) is 4.86. The second kappa shape index (κ2) is 5.74. The molecule has 4 rings (SSSR count). The van der Waals surface area contributed by atoms with E-state index in [-0.39, 0.29) is 0 Å². The van der Waals surface area contributed by atoms with Crippen LogP contribution >= 0.6 is 15.9 Å². The Kier molecular flexibility index (Phi) is 3.58.